The topological polar surface area (TPSA) is 39.1 Å². The Kier molecular flexibility index (Phi) is 5.09. The molecule has 1 aromatic carbocycles. The summed E-state index contributed by atoms with van der Waals surface area (Å²) in [7, 11) is 0. The summed E-state index contributed by atoms with van der Waals surface area (Å²) < 4.78 is 8.19. The lowest BCUT2D eigenvalue weighted by atomic mass is 10.2. The van der Waals surface area contributed by atoms with Crippen LogP contribution in [0.3, 0.4) is 0 Å². The van der Waals surface area contributed by atoms with E-state index in [2.05, 4.69) is 59.4 Å². The minimum atomic E-state index is 0.353. The van der Waals surface area contributed by atoms with Crippen molar-refractivity contribution in [1.82, 2.24) is 9.55 Å². The minimum Gasteiger partial charge on any atom is -0.376 e. The van der Waals surface area contributed by atoms with Crippen LogP contribution in [0.1, 0.15) is 29.8 Å². The van der Waals surface area contributed by atoms with Crippen molar-refractivity contribution < 1.29 is 4.74 Å². The third-order valence-electron chi connectivity index (χ3n) is 5.05. The number of aryl methyl sites for hydroxylation is 1. The maximum absolute atomic E-state index is 5.82. The number of aromatic nitrogens is 2. The Balaban J connectivity index is 1.48. The van der Waals surface area contributed by atoms with Gasteiger partial charge in [0.25, 0.3) is 0 Å². The van der Waals surface area contributed by atoms with Gasteiger partial charge in [0.15, 0.2) is 5.13 Å². The molecule has 1 atom stereocenters. The van der Waals surface area contributed by atoms with Gasteiger partial charge in [0.05, 0.1) is 11.8 Å². The Morgan fingerprint density at radius 1 is 1.27 bits per heavy atom. The molecule has 0 saturated carbocycles. The number of thiazole rings is 1. The van der Waals surface area contributed by atoms with Gasteiger partial charge in [-0.2, -0.15) is 0 Å². The Bertz CT molecular complexity index is 863. The number of hydrogen-bond donors (Lipinski definition) is 1. The third kappa shape index (κ3) is 3.69. The highest BCUT2D eigenvalue weighted by Crippen LogP contribution is 2.31. The summed E-state index contributed by atoms with van der Waals surface area (Å²) in [6, 6.07) is 12.7. The fraction of sp³-hybridized carbons (Fsp3) is 0.381. The highest BCUT2D eigenvalue weighted by molar-refractivity contribution is 7.14. The zero-order valence-electron chi connectivity index (χ0n) is 15.4. The number of nitrogens with one attached hydrogen (secondary N) is 1. The molecule has 2 aromatic heterocycles. The normalized spacial score (nSPS) is 16.9. The summed E-state index contributed by atoms with van der Waals surface area (Å²) in [4.78, 5) is 4.81. The molecule has 1 saturated heterocycles. The molecule has 5 heteroatoms. The molecule has 1 fully saturated rings. The zero-order chi connectivity index (χ0) is 17.9. The van der Waals surface area contributed by atoms with Gasteiger partial charge in [-0.15, -0.1) is 11.3 Å². The van der Waals surface area contributed by atoms with E-state index in [-0.39, 0.29) is 0 Å². The molecule has 1 aliphatic rings. The maximum atomic E-state index is 5.82. The molecule has 0 radical (unpaired) electrons. The van der Waals surface area contributed by atoms with Gasteiger partial charge in [0.2, 0.25) is 0 Å². The van der Waals surface area contributed by atoms with Crippen LogP contribution in [-0.2, 0) is 17.8 Å². The molecule has 1 N–H and O–H groups in total. The lowest BCUT2D eigenvalue weighted by Gasteiger charge is -2.14. The average molecular weight is 368 g/mol. The van der Waals surface area contributed by atoms with Crippen molar-refractivity contribution in [3.05, 3.63) is 58.7 Å². The highest BCUT2D eigenvalue weighted by Gasteiger charge is 2.20. The highest BCUT2D eigenvalue weighted by atomic mass is 32.1. The Labute approximate surface area is 158 Å². The number of nitrogens with zero attached hydrogens (tertiary/aromatic N) is 2. The van der Waals surface area contributed by atoms with E-state index >= 15 is 0 Å². The van der Waals surface area contributed by atoms with Gasteiger partial charge in [0, 0.05) is 42.0 Å². The van der Waals surface area contributed by atoms with E-state index in [1.54, 1.807) is 11.3 Å². The lowest BCUT2D eigenvalue weighted by Crippen LogP contribution is -2.16. The number of anilines is 1. The van der Waals surface area contributed by atoms with Gasteiger partial charge in [-0.1, -0.05) is 30.3 Å². The number of hydrogen-bond acceptors (Lipinski definition) is 4. The second kappa shape index (κ2) is 7.64. The summed E-state index contributed by atoms with van der Waals surface area (Å²) in [5.41, 5.74) is 6.10. The second-order valence-corrected chi connectivity index (χ2v) is 7.77. The first kappa shape index (κ1) is 17.3. The van der Waals surface area contributed by atoms with E-state index in [9.17, 15) is 0 Å². The zero-order valence-corrected chi connectivity index (χ0v) is 16.2. The van der Waals surface area contributed by atoms with Gasteiger partial charge in [-0.25, -0.2) is 4.98 Å². The van der Waals surface area contributed by atoms with Crippen LogP contribution in [0.15, 0.2) is 41.8 Å². The van der Waals surface area contributed by atoms with Crippen LogP contribution in [-0.4, -0.2) is 22.3 Å². The monoisotopic (exact) mass is 367 g/mol. The van der Waals surface area contributed by atoms with Crippen LogP contribution >= 0.6 is 11.3 Å². The SMILES string of the molecule is Cc1cc(-c2csc(NCc3ccccc3)n2)c(C)n1C[C@H]1CCCO1. The standard InChI is InChI=1S/C21H25N3OS/c1-15-11-19(16(2)24(15)13-18-9-6-10-25-18)20-14-26-21(23-20)22-12-17-7-4-3-5-8-17/h3-5,7-8,11,14,18H,6,9-10,12-13H2,1-2H3,(H,22,23)/t18-/m1/s1. The fourth-order valence-corrected chi connectivity index (χ4v) is 4.30. The molecule has 0 spiro atoms. The first-order chi connectivity index (χ1) is 12.7. The van der Waals surface area contributed by atoms with Crippen LogP contribution in [0.25, 0.3) is 11.3 Å². The molecular formula is C21H25N3OS. The van der Waals surface area contributed by atoms with Gasteiger partial charge in [-0.3, -0.25) is 0 Å². The van der Waals surface area contributed by atoms with Gasteiger partial charge in [-0.05, 0) is 38.3 Å². The lowest BCUT2D eigenvalue weighted by molar-refractivity contribution is 0.0962. The smallest absolute Gasteiger partial charge is 0.183 e. The molecular weight excluding hydrogens is 342 g/mol. The van der Waals surface area contributed by atoms with Crippen LogP contribution in [0.5, 0.6) is 0 Å². The third-order valence-corrected chi connectivity index (χ3v) is 5.85. The molecule has 136 valence electrons. The van der Waals surface area contributed by atoms with Crippen LogP contribution in [0.2, 0.25) is 0 Å². The first-order valence-corrected chi connectivity index (χ1v) is 10.1. The predicted molar refractivity (Wildman–Crippen MR) is 108 cm³/mol. The van der Waals surface area contributed by atoms with E-state index < -0.39 is 0 Å². The summed E-state index contributed by atoms with van der Waals surface area (Å²) in [6.07, 6.45) is 2.70. The number of benzene rings is 1. The summed E-state index contributed by atoms with van der Waals surface area (Å²) in [5.74, 6) is 0. The molecule has 3 aromatic rings. The Morgan fingerprint density at radius 2 is 2.12 bits per heavy atom. The van der Waals surface area contributed by atoms with Crippen molar-refractivity contribution in [2.45, 2.75) is 45.9 Å². The van der Waals surface area contributed by atoms with E-state index in [1.165, 1.54) is 28.9 Å². The van der Waals surface area contributed by atoms with Crippen LogP contribution < -0.4 is 5.32 Å². The van der Waals surface area contributed by atoms with Crippen molar-refractivity contribution in [1.29, 1.82) is 0 Å². The van der Waals surface area contributed by atoms with Crippen LogP contribution in [0, 0.1) is 13.8 Å². The molecule has 4 nitrogen and oxygen atoms in total. The van der Waals surface area contributed by atoms with Crippen molar-refractivity contribution in [2.24, 2.45) is 0 Å². The van der Waals surface area contributed by atoms with E-state index in [0.29, 0.717) is 6.10 Å². The largest absolute Gasteiger partial charge is 0.376 e. The second-order valence-electron chi connectivity index (χ2n) is 6.91. The minimum absolute atomic E-state index is 0.353. The molecule has 0 amide bonds. The van der Waals surface area contributed by atoms with Gasteiger partial charge in [0.1, 0.15) is 0 Å². The summed E-state index contributed by atoms with van der Waals surface area (Å²) >= 11 is 1.66. The van der Waals surface area contributed by atoms with Crippen LogP contribution in [0.4, 0.5) is 5.13 Å². The molecule has 0 bridgehead atoms. The molecule has 0 unspecified atom stereocenters. The molecule has 4 rings (SSSR count). The average Bonchev–Trinajstić information content (AvgIpc) is 3.39. The van der Waals surface area contributed by atoms with Crippen molar-refractivity contribution >= 4 is 16.5 Å². The molecule has 1 aliphatic heterocycles. The van der Waals surface area contributed by atoms with Crippen molar-refractivity contribution in [3.63, 3.8) is 0 Å². The van der Waals surface area contributed by atoms with Crippen molar-refractivity contribution in [2.75, 3.05) is 11.9 Å². The van der Waals surface area contributed by atoms with E-state index in [4.69, 9.17) is 9.72 Å². The van der Waals surface area contributed by atoms with Gasteiger partial charge < -0.3 is 14.6 Å². The number of ether oxygens (including phenoxy) is 1. The van der Waals surface area contributed by atoms with E-state index in [0.717, 1.165) is 36.9 Å². The predicted octanol–water partition coefficient (Wildman–Crippen LogP) is 5.02. The fourth-order valence-electron chi connectivity index (χ4n) is 3.59. The summed E-state index contributed by atoms with van der Waals surface area (Å²) in [6.45, 7) is 7.01. The number of rotatable bonds is 6. The molecule has 3 heterocycles. The Hall–Kier alpha value is -2.11. The summed E-state index contributed by atoms with van der Waals surface area (Å²) in [5, 5.41) is 6.54. The maximum Gasteiger partial charge on any atom is 0.183 e. The van der Waals surface area contributed by atoms with Gasteiger partial charge >= 0.3 is 0 Å². The Morgan fingerprint density at radius 3 is 2.88 bits per heavy atom. The van der Waals surface area contributed by atoms with E-state index in [1.807, 2.05) is 6.07 Å². The molecule has 0 aliphatic carbocycles. The van der Waals surface area contributed by atoms with Crippen molar-refractivity contribution in [3.8, 4) is 11.3 Å². The quantitative estimate of drug-likeness (QED) is 0.665. The first-order valence-electron chi connectivity index (χ1n) is 9.23. The molecule has 26 heavy (non-hydrogen) atoms.